The lowest BCUT2D eigenvalue weighted by atomic mass is 10.3. The van der Waals surface area contributed by atoms with Gasteiger partial charge in [0.15, 0.2) is 0 Å². The highest BCUT2D eigenvalue weighted by atomic mass is 15.0. The van der Waals surface area contributed by atoms with Crippen molar-refractivity contribution in [2.45, 2.75) is 6.92 Å². The maximum absolute atomic E-state index is 8.73. The Morgan fingerprint density at radius 2 is 2.54 bits per heavy atom. The van der Waals surface area contributed by atoms with Crippen molar-refractivity contribution in [2.75, 3.05) is 11.9 Å². The zero-order valence-corrected chi connectivity index (χ0v) is 7.49. The molecule has 0 bridgehead atoms. The molecule has 0 radical (unpaired) electrons. The van der Waals surface area contributed by atoms with Crippen LogP contribution < -0.4 is 5.32 Å². The third-order valence-electron chi connectivity index (χ3n) is 1.55. The Labute approximate surface area is 77.7 Å². The number of hydrogen-bond acceptors (Lipinski definition) is 3. The lowest BCUT2D eigenvalue weighted by Gasteiger charge is -2.02. The van der Waals surface area contributed by atoms with E-state index >= 15 is 0 Å². The number of anilines is 1. The summed E-state index contributed by atoms with van der Waals surface area (Å²) in [6.07, 6.45) is 5.58. The number of aromatic nitrogens is 1. The van der Waals surface area contributed by atoms with Gasteiger partial charge in [0.2, 0.25) is 0 Å². The number of nitrogens with zero attached hydrogens (tertiary/aromatic N) is 2. The number of nitrogens with one attached hydrogen (secondary N) is 1. The van der Waals surface area contributed by atoms with Gasteiger partial charge >= 0.3 is 0 Å². The van der Waals surface area contributed by atoms with Crippen molar-refractivity contribution in [3.8, 4) is 6.07 Å². The fourth-order valence-corrected chi connectivity index (χ4v) is 0.910. The molecule has 3 nitrogen and oxygen atoms in total. The Balaban J connectivity index is 2.71. The normalized spacial score (nSPS) is 9.85. The molecule has 0 saturated heterocycles. The predicted octanol–water partition coefficient (Wildman–Crippen LogP) is 1.94. The summed E-state index contributed by atoms with van der Waals surface area (Å²) in [5, 5.41) is 11.8. The largest absolute Gasteiger partial charge is 0.366 e. The predicted molar refractivity (Wildman–Crippen MR) is 52.3 cm³/mol. The van der Waals surface area contributed by atoms with E-state index in [4.69, 9.17) is 5.26 Å². The summed E-state index contributed by atoms with van der Waals surface area (Å²) < 4.78 is 0. The molecule has 0 aliphatic rings. The molecule has 0 aliphatic carbocycles. The van der Waals surface area contributed by atoms with Crippen molar-refractivity contribution in [1.29, 1.82) is 5.26 Å². The first kappa shape index (κ1) is 9.27. The van der Waals surface area contributed by atoms with Crippen molar-refractivity contribution < 1.29 is 0 Å². The van der Waals surface area contributed by atoms with Crippen LogP contribution in [-0.4, -0.2) is 11.5 Å². The van der Waals surface area contributed by atoms with Gasteiger partial charge in [-0.3, -0.25) is 0 Å². The molecule has 13 heavy (non-hydrogen) atoms. The third kappa shape index (κ3) is 2.60. The average molecular weight is 173 g/mol. The van der Waals surface area contributed by atoms with Gasteiger partial charge < -0.3 is 5.32 Å². The van der Waals surface area contributed by atoms with E-state index in [0.29, 0.717) is 17.9 Å². The molecule has 0 aromatic carbocycles. The van der Waals surface area contributed by atoms with Crippen molar-refractivity contribution in [2.24, 2.45) is 0 Å². The van der Waals surface area contributed by atoms with Crippen LogP contribution in [0, 0.1) is 11.3 Å². The number of nitriles is 1. The fraction of sp³-hybridized carbons (Fsp3) is 0.200. The Morgan fingerprint density at radius 3 is 3.23 bits per heavy atom. The van der Waals surface area contributed by atoms with E-state index in [0.717, 1.165) is 0 Å². The maximum atomic E-state index is 8.73. The van der Waals surface area contributed by atoms with Crippen LogP contribution in [0.2, 0.25) is 0 Å². The van der Waals surface area contributed by atoms with E-state index < -0.39 is 0 Å². The van der Waals surface area contributed by atoms with Gasteiger partial charge in [-0.15, -0.1) is 0 Å². The summed E-state index contributed by atoms with van der Waals surface area (Å²) in [6.45, 7) is 2.65. The first-order valence-electron chi connectivity index (χ1n) is 4.08. The second-order valence-corrected chi connectivity index (χ2v) is 2.46. The highest BCUT2D eigenvalue weighted by Crippen LogP contribution is 2.08. The van der Waals surface area contributed by atoms with Gasteiger partial charge in [0.25, 0.3) is 0 Å². The zero-order valence-electron chi connectivity index (χ0n) is 7.49. The Hall–Kier alpha value is -1.82. The number of rotatable bonds is 3. The van der Waals surface area contributed by atoms with Crippen molar-refractivity contribution >= 4 is 5.82 Å². The van der Waals surface area contributed by atoms with E-state index in [1.54, 1.807) is 18.3 Å². The quantitative estimate of drug-likeness (QED) is 0.710. The molecule has 0 aliphatic heterocycles. The van der Waals surface area contributed by atoms with Crippen molar-refractivity contribution in [1.82, 2.24) is 4.98 Å². The summed E-state index contributed by atoms with van der Waals surface area (Å²) in [5.74, 6) is 0.642. The SMILES string of the molecule is CC=CCNc1ncccc1C#N. The Morgan fingerprint density at radius 1 is 1.69 bits per heavy atom. The fourth-order valence-electron chi connectivity index (χ4n) is 0.910. The summed E-state index contributed by atoms with van der Waals surface area (Å²) in [4.78, 5) is 4.05. The second-order valence-electron chi connectivity index (χ2n) is 2.46. The topological polar surface area (TPSA) is 48.7 Å². The van der Waals surface area contributed by atoms with E-state index in [1.165, 1.54) is 0 Å². The van der Waals surface area contributed by atoms with Gasteiger partial charge in [-0.1, -0.05) is 12.2 Å². The molecule has 0 fully saturated rings. The number of hydrogen-bond donors (Lipinski definition) is 1. The summed E-state index contributed by atoms with van der Waals surface area (Å²) in [6, 6.07) is 5.56. The van der Waals surface area contributed by atoms with Crippen LogP contribution in [0.3, 0.4) is 0 Å². The first-order valence-corrected chi connectivity index (χ1v) is 4.08. The van der Waals surface area contributed by atoms with Crippen LogP contribution in [0.1, 0.15) is 12.5 Å². The van der Waals surface area contributed by atoms with Crippen molar-refractivity contribution in [3.05, 3.63) is 36.0 Å². The minimum Gasteiger partial charge on any atom is -0.366 e. The van der Waals surface area contributed by atoms with Crippen LogP contribution in [0.15, 0.2) is 30.5 Å². The third-order valence-corrected chi connectivity index (χ3v) is 1.55. The Kier molecular flexibility index (Phi) is 3.52. The summed E-state index contributed by atoms with van der Waals surface area (Å²) >= 11 is 0. The Bertz CT molecular complexity index is 336. The molecule has 0 saturated carbocycles. The van der Waals surface area contributed by atoms with E-state index in [-0.39, 0.29) is 0 Å². The van der Waals surface area contributed by atoms with E-state index in [1.807, 2.05) is 19.1 Å². The molecule has 0 atom stereocenters. The molecule has 1 aromatic rings. The lowest BCUT2D eigenvalue weighted by Crippen LogP contribution is -2.02. The standard InChI is InChI=1S/C10H11N3/c1-2-3-6-12-10-9(8-11)5-4-7-13-10/h2-5,7H,6H2,1H3,(H,12,13). The molecule has 66 valence electrons. The van der Waals surface area contributed by atoms with Crippen molar-refractivity contribution in [3.63, 3.8) is 0 Å². The highest BCUT2D eigenvalue weighted by Gasteiger charge is 1.98. The maximum Gasteiger partial charge on any atom is 0.144 e. The smallest absolute Gasteiger partial charge is 0.144 e. The zero-order chi connectivity index (χ0) is 9.52. The molecule has 0 unspecified atom stereocenters. The van der Waals surface area contributed by atoms with E-state index in [9.17, 15) is 0 Å². The minimum atomic E-state index is 0.576. The van der Waals surface area contributed by atoms with Gasteiger partial charge in [-0.2, -0.15) is 5.26 Å². The average Bonchev–Trinajstić information content (AvgIpc) is 2.19. The molecule has 3 heteroatoms. The molecule has 0 spiro atoms. The highest BCUT2D eigenvalue weighted by molar-refractivity contribution is 5.51. The van der Waals surface area contributed by atoms with Gasteiger partial charge in [0.05, 0.1) is 5.56 Å². The lowest BCUT2D eigenvalue weighted by molar-refractivity contribution is 1.21. The summed E-state index contributed by atoms with van der Waals surface area (Å²) in [7, 11) is 0. The molecule has 0 amide bonds. The number of pyridine rings is 1. The monoisotopic (exact) mass is 173 g/mol. The van der Waals surface area contributed by atoms with Crippen LogP contribution in [0.4, 0.5) is 5.82 Å². The molecule has 1 N–H and O–H groups in total. The van der Waals surface area contributed by atoms with Gasteiger partial charge in [-0.05, 0) is 19.1 Å². The van der Waals surface area contributed by atoms with Gasteiger partial charge in [-0.25, -0.2) is 4.98 Å². The minimum absolute atomic E-state index is 0.576. The van der Waals surface area contributed by atoms with Gasteiger partial charge in [0, 0.05) is 12.7 Å². The van der Waals surface area contributed by atoms with Crippen LogP contribution in [-0.2, 0) is 0 Å². The van der Waals surface area contributed by atoms with Crippen LogP contribution in [0.5, 0.6) is 0 Å². The first-order chi connectivity index (χ1) is 6.38. The molecule has 1 aromatic heterocycles. The molecular formula is C10H11N3. The van der Waals surface area contributed by atoms with Gasteiger partial charge in [0.1, 0.15) is 11.9 Å². The van der Waals surface area contributed by atoms with Crippen LogP contribution in [0.25, 0.3) is 0 Å². The van der Waals surface area contributed by atoms with Crippen LogP contribution >= 0.6 is 0 Å². The molecular weight excluding hydrogens is 162 g/mol. The molecule has 1 heterocycles. The molecule has 1 rings (SSSR count). The van der Waals surface area contributed by atoms with E-state index in [2.05, 4.69) is 16.4 Å². The number of allylic oxidation sites excluding steroid dienone is 1. The summed E-state index contributed by atoms with van der Waals surface area (Å²) in [5.41, 5.74) is 0.576. The second kappa shape index (κ2) is 4.94.